The number of rotatable bonds is 1. The predicted molar refractivity (Wildman–Crippen MR) is 46.3 cm³/mol. The molecule has 1 rings (SSSR count). The lowest BCUT2D eigenvalue weighted by atomic mass is 10.3. The summed E-state index contributed by atoms with van der Waals surface area (Å²) in [6, 6.07) is 2.72. The number of nitrogen functional groups attached to an aromatic ring is 1. The first-order chi connectivity index (χ1) is 5.15. The van der Waals surface area contributed by atoms with Gasteiger partial charge in [-0.3, -0.25) is 0 Å². The van der Waals surface area contributed by atoms with Gasteiger partial charge in [0, 0.05) is 0 Å². The number of benzene rings is 1. The number of nitrogens with two attached hydrogens (primary N) is 1. The van der Waals surface area contributed by atoms with Gasteiger partial charge in [-0.25, -0.2) is 0 Å². The van der Waals surface area contributed by atoms with E-state index in [2.05, 4.69) is 5.18 Å². The molecule has 0 saturated heterocycles. The largest absolute Gasteiger partial charge is 0.397 e. The molecule has 2 N–H and O–H groups in total. The van der Waals surface area contributed by atoms with E-state index in [0.717, 1.165) is 0 Å². The van der Waals surface area contributed by atoms with Crippen LogP contribution in [0.4, 0.5) is 11.4 Å². The van der Waals surface area contributed by atoms with Crippen LogP contribution in [0.25, 0.3) is 0 Å². The van der Waals surface area contributed by atoms with E-state index in [1.54, 1.807) is 0 Å². The van der Waals surface area contributed by atoms with Gasteiger partial charge in [0.15, 0.2) is 0 Å². The zero-order valence-corrected chi connectivity index (χ0v) is 6.86. The van der Waals surface area contributed by atoms with Crippen molar-refractivity contribution in [3.05, 3.63) is 27.1 Å². The lowest BCUT2D eigenvalue weighted by molar-refractivity contribution is 1.50. The molecule has 0 aromatic heterocycles. The van der Waals surface area contributed by atoms with E-state index in [4.69, 9.17) is 28.9 Å². The van der Waals surface area contributed by atoms with Crippen LogP contribution in [0.1, 0.15) is 0 Å². The maximum atomic E-state index is 10.1. The summed E-state index contributed by atoms with van der Waals surface area (Å²) in [7, 11) is 0. The van der Waals surface area contributed by atoms with E-state index >= 15 is 0 Å². The van der Waals surface area contributed by atoms with Crippen LogP contribution in [0.2, 0.25) is 10.0 Å². The van der Waals surface area contributed by atoms with Crippen LogP contribution in [0.15, 0.2) is 17.3 Å². The number of hydrogen-bond donors (Lipinski definition) is 1. The summed E-state index contributed by atoms with van der Waals surface area (Å²) in [4.78, 5) is 10.1. The fourth-order valence-electron chi connectivity index (χ4n) is 0.624. The second-order valence-electron chi connectivity index (χ2n) is 1.92. The van der Waals surface area contributed by atoms with Crippen LogP contribution in [0.3, 0.4) is 0 Å². The molecule has 0 atom stereocenters. The summed E-state index contributed by atoms with van der Waals surface area (Å²) >= 11 is 11.2. The summed E-state index contributed by atoms with van der Waals surface area (Å²) in [5.41, 5.74) is 5.78. The highest BCUT2D eigenvalue weighted by atomic mass is 35.5. The number of nitroso groups, excluding NO2 is 1. The quantitative estimate of drug-likeness (QED) is 0.547. The average molecular weight is 191 g/mol. The first-order valence-corrected chi connectivity index (χ1v) is 3.48. The topological polar surface area (TPSA) is 55.4 Å². The third-order valence-electron chi connectivity index (χ3n) is 1.16. The summed E-state index contributed by atoms with van der Waals surface area (Å²) in [5.74, 6) is 0. The van der Waals surface area contributed by atoms with Crippen molar-refractivity contribution in [3.63, 3.8) is 0 Å². The fourth-order valence-corrected chi connectivity index (χ4v) is 1.04. The van der Waals surface area contributed by atoms with Gasteiger partial charge >= 0.3 is 0 Å². The Morgan fingerprint density at radius 2 is 1.91 bits per heavy atom. The van der Waals surface area contributed by atoms with Crippen molar-refractivity contribution >= 4 is 34.6 Å². The number of halogens is 2. The molecule has 0 aliphatic rings. The SMILES string of the molecule is Nc1cc(N=O)c(Cl)cc1Cl. The highest BCUT2D eigenvalue weighted by Gasteiger charge is 2.04. The molecule has 0 spiro atoms. The van der Waals surface area contributed by atoms with Crippen molar-refractivity contribution in [2.75, 3.05) is 5.73 Å². The minimum Gasteiger partial charge on any atom is -0.397 e. The Bertz CT molecular complexity index is 301. The number of anilines is 1. The van der Waals surface area contributed by atoms with Gasteiger partial charge in [-0.05, 0) is 17.3 Å². The van der Waals surface area contributed by atoms with E-state index in [1.807, 2.05) is 0 Å². The van der Waals surface area contributed by atoms with Crippen LogP contribution >= 0.6 is 23.2 Å². The van der Waals surface area contributed by atoms with Crippen molar-refractivity contribution < 1.29 is 0 Å². The summed E-state index contributed by atoms with van der Waals surface area (Å²) in [5, 5.41) is 3.18. The minimum atomic E-state index is 0.105. The van der Waals surface area contributed by atoms with E-state index in [9.17, 15) is 4.91 Å². The van der Waals surface area contributed by atoms with Crippen molar-refractivity contribution in [2.45, 2.75) is 0 Å². The molecule has 0 heterocycles. The molecule has 0 aliphatic carbocycles. The molecule has 1 aromatic carbocycles. The monoisotopic (exact) mass is 190 g/mol. The summed E-state index contributed by atoms with van der Waals surface area (Å²) in [6.45, 7) is 0. The van der Waals surface area contributed by atoms with Gasteiger partial charge in [-0.15, -0.1) is 4.91 Å². The van der Waals surface area contributed by atoms with Crippen molar-refractivity contribution in [1.29, 1.82) is 0 Å². The van der Waals surface area contributed by atoms with Gasteiger partial charge in [0.2, 0.25) is 0 Å². The molecule has 0 saturated carbocycles. The first-order valence-electron chi connectivity index (χ1n) is 2.73. The molecular formula is C6H4Cl2N2O. The van der Waals surface area contributed by atoms with Crippen molar-refractivity contribution in [2.24, 2.45) is 5.18 Å². The third-order valence-corrected chi connectivity index (χ3v) is 1.79. The molecule has 58 valence electrons. The molecule has 1 aromatic rings. The van der Waals surface area contributed by atoms with Gasteiger partial charge in [0.1, 0.15) is 5.69 Å². The van der Waals surface area contributed by atoms with E-state index < -0.39 is 0 Å². The molecule has 0 radical (unpaired) electrons. The number of nitrogens with zero attached hydrogens (tertiary/aromatic N) is 1. The van der Waals surface area contributed by atoms with Crippen LogP contribution in [-0.2, 0) is 0 Å². The Balaban J connectivity index is 3.31. The predicted octanol–water partition coefficient (Wildman–Crippen LogP) is 2.97. The molecule has 11 heavy (non-hydrogen) atoms. The molecule has 3 nitrogen and oxygen atoms in total. The molecule has 0 unspecified atom stereocenters. The maximum Gasteiger partial charge on any atom is 0.128 e. The highest BCUT2D eigenvalue weighted by molar-refractivity contribution is 6.37. The summed E-state index contributed by atoms with van der Waals surface area (Å²) in [6.07, 6.45) is 0. The van der Waals surface area contributed by atoms with E-state index in [1.165, 1.54) is 12.1 Å². The number of hydrogen-bond acceptors (Lipinski definition) is 3. The summed E-state index contributed by atoms with van der Waals surface area (Å²) < 4.78 is 0. The maximum absolute atomic E-state index is 10.1. The minimum absolute atomic E-state index is 0.105. The van der Waals surface area contributed by atoms with E-state index in [0.29, 0.717) is 10.7 Å². The normalized spacial score (nSPS) is 9.64. The molecule has 0 amide bonds. The second kappa shape index (κ2) is 3.07. The first kappa shape index (κ1) is 8.30. The zero-order valence-electron chi connectivity index (χ0n) is 5.34. The van der Waals surface area contributed by atoms with Crippen molar-refractivity contribution in [3.8, 4) is 0 Å². The van der Waals surface area contributed by atoms with Crippen LogP contribution in [0.5, 0.6) is 0 Å². The highest BCUT2D eigenvalue weighted by Crippen LogP contribution is 2.32. The molecule has 0 fully saturated rings. The third kappa shape index (κ3) is 1.61. The molecular weight excluding hydrogens is 187 g/mol. The molecule has 0 aliphatic heterocycles. The standard InChI is InChI=1S/C6H4Cl2N2O/c7-3-1-4(8)6(10-11)2-5(3)9/h1-2H,9H2. The van der Waals surface area contributed by atoms with E-state index in [-0.39, 0.29) is 10.7 Å². The second-order valence-corrected chi connectivity index (χ2v) is 2.73. The molecule has 0 bridgehead atoms. The van der Waals surface area contributed by atoms with Crippen molar-refractivity contribution in [1.82, 2.24) is 0 Å². The van der Waals surface area contributed by atoms with Crippen LogP contribution < -0.4 is 5.73 Å². The zero-order chi connectivity index (χ0) is 8.43. The Kier molecular flexibility index (Phi) is 2.31. The Morgan fingerprint density at radius 3 is 2.45 bits per heavy atom. The fraction of sp³-hybridized carbons (Fsp3) is 0. The Morgan fingerprint density at radius 1 is 1.27 bits per heavy atom. The van der Waals surface area contributed by atoms with Gasteiger partial charge < -0.3 is 5.73 Å². The van der Waals surface area contributed by atoms with Gasteiger partial charge in [0.25, 0.3) is 0 Å². The van der Waals surface area contributed by atoms with Gasteiger partial charge in [-0.1, -0.05) is 23.2 Å². The van der Waals surface area contributed by atoms with Gasteiger partial charge in [0.05, 0.1) is 15.7 Å². The molecule has 5 heteroatoms. The Hall–Kier alpha value is -0.800. The lowest BCUT2D eigenvalue weighted by Crippen LogP contribution is -1.85. The van der Waals surface area contributed by atoms with Crippen LogP contribution in [-0.4, -0.2) is 0 Å². The van der Waals surface area contributed by atoms with Gasteiger partial charge in [-0.2, -0.15) is 0 Å². The van der Waals surface area contributed by atoms with Crippen LogP contribution in [0, 0.1) is 4.91 Å². The smallest absolute Gasteiger partial charge is 0.128 e. The lowest BCUT2D eigenvalue weighted by Gasteiger charge is -1.98. The average Bonchev–Trinajstić information content (AvgIpc) is 1.97. The Labute approximate surface area is 73.1 Å².